The number of carbonyl (C=O) groups is 1. The zero-order valence-corrected chi connectivity index (χ0v) is 21.8. The van der Waals surface area contributed by atoms with Gasteiger partial charge in [-0.1, -0.05) is 74.6 Å². The number of halogens is 1. The van der Waals surface area contributed by atoms with E-state index in [-0.39, 0.29) is 17.8 Å². The highest BCUT2D eigenvalue weighted by Crippen LogP contribution is 2.31. The lowest BCUT2D eigenvalue weighted by molar-refractivity contribution is 0.0932. The van der Waals surface area contributed by atoms with Gasteiger partial charge >= 0.3 is 0 Å². The van der Waals surface area contributed by atoms with Gasteiger partial charge in [-0.25, -0.2) is 4.39 Å². The Bertz CT molecular complexity index is 1100. The maximum atomic E-state index is 13.4. The molecule has 1 aromatic heterocycles. The van der Waals surface area contributed by atoms with Gasteiger partial charge in [0.2, 0.25) is 0 Å². The Kier molecular flexibility index (Phi) is 9.32. The second kappa shape index (κ2) is 12.8. The van der Waals surface area contributed by atoms with Crippen molar-refractivity contribution in [3.05, 3.63) is 88.5 Å². The maximum Gasteiger partial charge on any atom is 0.272 e. The second-order valence-corrected chi connectivity index (χ2v) is 10.3. The van der Waals surface area contributed by atoms with Gasteiger partial charge in [-0.2, -0.15) is 5.10 Å². The summed E-state index contributed by atoms with van der Waals surface area (Å²) in [4.78, 5) is 13.4. The van der Waals surface area contributed by atoms with Crippen molar-refractivity contribution >= 4 is 5.91 Å². The third kappa shape index (κ3) is 6.83. The Hall–Kier alpha value is -2.95. The highest BCUT2D eigenvalue weighted by atomic mass is 19.1. The summed E-state index contributed by atoms with van der Waals surface area (Å²) in [6.07, 6.45) is 12.3. The number of nitrogens with one attached hydrogen (secondary N) is 1. The number of aromatic nitrogens is 2. The zero-order chi connectivity index (χ0) is 25.3. The molecule has 0 bridgehead atoms. The van der Waals surface area contributed by atoms with Crippen LogP contribution >= 0.6 is 0 Å². The van der Waals surface area contributed by atoms with E-state index in [2.05, 4.69) is 16.9 Å². The van der Waals surface area contributed by atoms with Crippen LogP contribution in [0.4, 0.5) is 4.39 Å². The van der Waals surface area contributed by atoms with Crippen LogP contribution in [0.15, 0.2) is 54.6 Å². The van der Waals surface area contributed by atoms with Gasteiger partial charge in [0.25, 0.3) is 5.91 Å². The SMILES string of the molecule is Cc1c(CCCCCCc2ccc(F)cc2)c(C(=O)N[C@@H](C)c2ccccc2)nn1C1CCCCC1. The van der Waals surface area contributed by atoms with Crippen molar-refractivity contribution in [1.29, 1.82) is 0 Å². The molecule has 2 aromatic carbocycles. The van der Waals surface area contributed by atoms with E-state index in [0.717, 1.165) is 68.2 Å². The van der Waals surface area contributed by atoms with E-state index < -0.39 is 0 Å². The fraction of sp³-hybridized carbons (Fsp3) is 0.484. The van der Waals surface area contributed by atoms with Gasteiger partial charge in [-0.3, -0.25) is 9.48 Å². The van der Waals surface area contributed by atoms with Crippen molar-refractivity contribution in [3.8, 4) is 0 Å². The lowest BCUT2D eigenvalue weighted by atomic mass is 9.95. The number of amides is 1. The van der Waals surface area contributed by atoms with E-state index in [1.165, 1.54) is 37.0 Å². The summed E-state index contributed by atoms with van der Waals surface area (Å²) in [7, 11) is 0. The van der Waals surface area contributed by atoms with Gasteiger partial charge in [0, 0.05) is 11.3 Å². The predicted molar refractivity (Wildman–Crippen MR) is 144 cm³/mol. The Labute approximate surface area is 215 Å². The van der Waals surface area contributed by atoms with Gasteiger partial charge in [0.05, 0.1) is 12.1 Å². The summed E-state index contributed by atoms with van der Waals surface area (Å²) >= 11 is 0. The number of nitrogens with zero attached hydrogens (tertiary/aromatic N) is 2. The largest absolute Gasteiger partial charge is 0.344 e. The Morgan fingerprint density at radius 2 is 1.64 bits per heavy atom. The topological polar surface area (TPSA) is 46.9 Å². The smallest absolute Gasteiger partial charge is 0.272 e. The molecule has 1 N–H and O–H groups in total. The first-order valence-corrected chi connectivity index (χ1v) is 13.7. The van der Waals surface area contributed by atoms with E-state index in [0.29, 0.717) is 11.7 Å². The standard InChI is InChI=1S/C31H40FN3O/c1-23(26-14-8-5-9-15-26)33-31(36)30-29(24(2)35(34-30)28-16-10-6-11-17-28)18-12-4-3-7-13-25-19-21-27(32)22-20-25/h5,8-9,14-15,19-23,28H,3-4,6-7,10-13,16-18H2,1-2H3,(H,33,36)/t23-/m0/s1. The molecule has 4 nitrogen and oxygen atoms in total. The third-order valence-corrected chi connectivity index (χ3v) is 7.61. The summed E-state index contributed by atoms with van der Waals surface area (Å²) < 4.78 is 15.3. The number of unbranched alkanes of at least 4 members (excludes halogenated alkanes) is 3. The number of aryl methyl sites for hydroxylation is 1. The molecule has 36 heavy (non-hydrogen) atoms. The molecule has 5 heteroatoms. The molecule has 3 aromatic rings. The lowest BCUT2D eigenvalue weighted by Crippen LogP contribution is -2.28. The van der Waals surface area contributed by atoms with Crippen LogP contribution in [0.3, 0.4) is 0 Å². The van der Waals surface area contributed by atoms with Crippen molar-refractivity contribution < 1.29 is 9.18 Å². The Balaban J connectivity index is 1.39. The molecular weight excluding hydrogens is 449 g/mol. The van der Waals surface area contributed by atoms with Gasteiger partial charge in [0.15, 0.2) is 5.69 Å². The van der Waals surface area contributed by atoms with Crippen molar-refractivity contribution in [2.45, 2.75) is 96.6 Å². The summed E-state index contributed by atoms with van der Waals surface area (Å²) in [6, 6.07) is 17.2. The highest BCUT2D eigenvalue weighted by Gasteiger charge is 2.26. The fourth-order valence-electron chi connectivity index (χ4n) is 5.44. The summed E-state index contributed by atoms with van der Waals surface area (Å²) in [5, 5.41) is 8.10. The molecule has 1 amide bonds. The minimum atomic E-state index is -0.180. The summed E-state index contributed by atoms with van der Waals surface area (Å²) in [5.74, 6) is -0.254. The van der Waals surface area contributed by atoms with Crippen molar-refractivity contribution in [1.82, 2.24) is 15.1 Å². The molecule has 192 valence electrons. The molecule has 0 spiro atoms. The molecule has 1 atom stereocenters. The fourth-order valence-corrected chi connectivity index (χ4v) is 5.44. The summed E-state index contributed by atoms with van der Waals surface area (Å²) in [6.45, 7) is 4.17. The average molecular weight is 490 g/mol. The lowest BCUT2D eigenvalue weighted by Gasteiger charge is -2.23. The number of benzene rings is 2. The van der Waals surface area contributed by atoms with Crippen molar-refractivity contribution in [2.24, 2.45) is 0 Å². The minimum Gasteiger partial charge on any atom is -0.344 e. The number of carbonyl (C=O) groups excluding carboxylic acids is 1. The molecule has 0 saturated heterocycles. The normalized spacial score (nSPS) is 15.1. The maximum absolute atomic E-state index is 13.4. The van der Waals surface area contributed by atoms with Crippen molar-refractivity contribution in [2.75, 3.05) is 0 Å². The van der Waals surface area contributed by atoms with Crippen LogP contribution in [0, 0.1) is 12.7 Å². The van der Waals surface area contributed by atoms with Crippen LogP contribution in [0.25, 0.3) is 0 Å². The van der Waals surface area contributed by atoms with E-state index in [1.54, 1.807) is 0 Å². The molecule has 1 heterocycles. The summed E-state index contributed by atoms with van der Waals surface area (Å²) in [5.41, 5.74) is 5.15. The number of rotatable bonds is 11. The van der Waals surface area contributed by atoms with E-state index in [9.17, 15) is 9.18 Å². The third-order valence-electron chi connectivity index (χ3n) is 7.61. The predicted octanol–water partition coefficient (Wildman–Crippen LogP) is 7.67. The molecule has 1 saturated carbocycles. The second-order valence-electron chi connectivity index (χ2n) is 10.3. The van der Waals surface area contributed by atoms with Crippen LogP contribution < -0.4 is 5.32 Å². The minimum absolute atomic E-state index is 0.0712. The molecule has 0 aliphatic heterocycles. The quantitative estimate of drug-likeness (QED) is 0.281. The molecular formula is C31H40FN3O. The first kappa shape index (κ1) is 26.1. The van der Waals surface area contributed by atoms with Gasteiger partial charge in [0.1, 0.15) is 5.82 Å². The van der Waals surface area contributed by atoms with Gasteiger partial charge < -0.3 is 5.32 Å². The zero-order valence-electron chi connectivity index (χ0n) is 21.8. The molecule has 1 aliphatic rings. The van der Waals surface area contributed by atoms with Gasteiger partial charge in [-0.15, -0.1) is 0 Å². The van der Waals surface area contributed by atoms with Crippen LogP contribution in [-0.4, -0.2) is 15.7 Å². The van der Waals surface area contributed by atoms with Crippen LogP contribution in [-0.2, 0) is 12.8 Å². The first-order chi connectivity index (χ1) is 17.5. The average Bonchev–Trinajstić information content (AvgIpc) is 3.24. The Morgan fingerprint density at radius 1 is 0.972 bits per heavy atom. The Morgan fingerprint density at radius 3 is 2.33 bits per heavy atom. The van der Waals surface area contributed by atoms with E-state index >= 15 is 0 Å². The number of hydrogen-bond acceptors (Lipinski definition) is 2. The monoisotopic (exact) mass is 489 g/mol. The first-order valence-electron chi connectivity index (χ1n) is 13.7. The molecule has 0 unspecified atom stereocenters. The molecule has 0 radical (unpaired) electrons. The van der Waals surface area contributed by atoms with E-state index in [4.69, 9.17) is 5.10 Å². The van der Waals surface area contributed by atoms with Crippen LogP contribution in [0.1, 0.15) is 110 Å². The number of hydrogen-bond donors (Lipinski definition) is 1. The molecule has 1 aliphatic carbocycles. The van der Waals surface area contributed by atoms with Crippen molar-refractivity contribution in [3.63, 3.8) is 0 Å². The molecule has 1 fully saturated rings. The van der Waals surface area contributed by atoms with Crippen LogP contribution in [0.5, 0.6) is 0 Å². The molecule has 4 rings (SSSR count). The van der Waals surface area contributed by atoms with Gasteiger partial charge in [-0.05, 0) is 75.6 Å². The highest BCUT2D eigenvalue weighted by molar-refractivity contribution is 5.94. The van der Waals surface area contributed by atoms with Crippen LogP contribution in [0.2, 0.25) is 0 Å². The van der Waals surface area contributed by atoms with E-state index in [1.807, 2.05) is 49.4 Å².